The molecule has 4 N–H and O–H groups in total. The summed E-state index contributed by atoms with van der Waals surface area (Å²) in [6.07, 6.45) is 5.12. The van der Waals surface area contributed by atoms with Crippen molar-refractivity contribution in [3.05, 3.63) is 58.9 Å². The number of aromatic nitrogens is 2. The van der Waals surface area contributed by atoms with Gasteiger partial charge >= 0.3 is 0 Å². The van der Waals surface area contributed by atoms with Crippen LogP contribution >= 0.6 is 11.6 Å². The first-order valence-electron chi connectivity index (χ1n) is 9.96. The number of alkyl halides is 1. The molecule has 2 heterocycles. The fourth-order valence-corrected chi connectivity index (χ4v) is 4.16. The SMILES string of the molecule is Nc1ncccc1C(=O)N[C@@H]1CCC[C@H](Nc2cc(CF)nc3ccc(Cl)cc23)C1. The summed E-state index contributed by atoms with van der Waals surface area (Å²) < 4.78 is 13.3. The Morgan fingerprint density at radius 3 is 2.87 bits per heavy atom. The monoisotopic (exact) mass is 427 g/mol. The van der Waals surface area contributed by atoms with Crippen LogP contribution in [0.1, 0.15) is 41.7 Å². The van der Waals surface area contributed by atoms with E-state index in [1.54, 1.807) is 36.5 Å². The first-order valence-corrected chi connectivity index (χ1v) is 10.3. The number of nitrogens with zero attached hydrogens (tertiary/aromatic N) is 2. The van der Waals surface area contributed by atoms with Crippen LogP contribution in [-0.4, -0.2) is 28.0 Å². The molecule has 0 radical (unpaired) electrons. The second-order valence-electron chi connectivity index (χ2n) is 7.57. The molecule has 1 fully saturated rings. The Balaban J connectivity index is 1.50. The Morgan fingerprint density at radius 1 is 1.23 bits per heavy atom. The van der Waals surface area contributed by atoms with Crippen LogP contribution in [0.3, 0.4) is 0 Å². The molecule has 0 saturated heterocycles. The van der Waals surface area contributed by atoms with E-state index in [1.807, 2.05) is 6.07 Å². The molecule has 0 unspecified atom stereocenters. The highest BCUT2D eigenvalue weighted by Crippen LogP contribution is 2.30. The molecule has 0 aliphatic heterocycles. The Bertz CT molecular complexity index is 1080. The highest BCUT2D eigenvalue weighted by molar-refractivity contribution is 6.31. The molecular weight excluding hydrogens is 405 g/mol. The van der Waals surface area contributed by atoms with E-state index in [2.05, 4.69) is 20.6 Å². The normalized spacial score (nSPS) is 18.9. The molecule has 1 saturated carbocycles. The standard InChI is InChI=1S/C22H23ClFN5O/c23-13-6-7-19-18(9-13)20(11-16(12-24)28-19)27-14-3-1-4-15(10-14)29-22(30)17-5-2-8-26-21(17)25/h2,5-9,11,14-15H,1,3-4,10,12H2,(H2,25,26)(H,27,28)(H,29,30)/t14-,15+/m0/s1. The van der Waals surface area contributed by atoms with Crippen molar-refractivity contribution in [2.24, 2.45) is 0 Å². The van der Waals surface area contributed by atoms with Gasteiger partial charge in [0, 0.05) is 34.4 Å². The molecule has 1 aliphatic rings. The summed E-state index contributed by atoms with van der Waals surface area (Å²) in [5.74, 6) is 0.00600. The zero-order valence-electron chi connectivity index (χ0n) is 16.4. The number of nitrogen functional groups attached to an aromatic ring is 1. The molecule has 2 aromatic heterocycles. The summed E-state index contributed by atoms with van der Waals surface area (Å²) in [6.45, 7) is -0.636. The maximum atomic E-state index is 13.3. The third-order valence-corrected chi connectivity index (χ3v) is 5.65. The van der Waals surface area contributed by atoms with Crippen molar-refractivity contribution in [1.29, 1.82) is 0 Å². The maximum Gasteiger partial charge on any atom is 0.255 e. The van der Waals surface area contributed by atoms with E-state index >= 15 is 0 Å². The quantitative estimate of drug-likeness (QED) is 0.558. The first-order chi connectivity index (χ1) is 14.5. The van der Waals surface area contributed by atoms with E-state index in [4.69, 9.17) is 17.3 Å². The summed E-state index contributed by atoms with van der Waals surface area (Å²) in [7, 11) is 0. The zero-order valence-corrected chi connectivity index (χ0v) is 17.1. The molecule has 1 aromatic carbocycles. The Labute approximate surface area is 179 Å². The summed E-state index contributed by atoms with van der Waals surface area (Å²) in [5.41, 5.74) is 8.08. The van der Waals surface area contributed by atoms with Crippen LogP contribution in [0.5, 0.6) is 0 Å². The first kappa shape index (κ1) is 20.3. The van der Waals surface area contributed by atoms with Gasteiger partial charge in [-0.2, -0.15) is 0 Å². The number of rotatable bonds is 5. The Kier molecular flexibility index (Phi) is 5.99. The van der Waals surface area contributed by atoms with Crippen LogP contribution in [-0.2, 0) is 6.67 Å². The third-order valence-electron chi connectivity index (χ3n) is 5.41. The molecule has 4 rings (SSSR count). The third kappa shape index (κ3) is 4.46. The number of fused-ring (bicyclic) bond motifs is 1. The maximum absolute atomic E-state index is 13.3. The molecule has 156 valence electrons. The van der Waals surface area contributed by atoms with E-state index in [0.29, 0.717) is 21.8 Å². The van der Waals surface area contributed by atoms with Gasteiger partial charge in [-0.25, -0.2) is 14.4 Å². The van der Waals surface area contributed by atoms with Gasteiger partial charge in [0.25, 0.3) is 5.91 Å². The second-order valence-corrected chi connectivity index (χ2v) is 8.01. The molecule has 0 bridgehead atoms. The number of anilines is 2. The fourth-order valence-electron chi connectivity index (χ4n) is 3.99. The minimum atomic E-state index is -0.636. The lowest BCUT2D eigenvalue weighted by Crippen LogP contribution is -2.42. The number of nitrogens with two attached hydrogens (primary N) is 1. The predicted octanol–water partition coefficient (Wildman–Crippen LogP) is 4.49. The summed E-state index contributed by atoms with van der Waals surface area (Å²) in [6, 6.07) is 10.6. The molecular formula is C22H23ClFN5O. The van der Waals surface area contributed by atoms with E-state index in [0.717, 1.165) is 36.8 Å². The number of nitrogens with one attached hydrogen (secondary N) is 2. The minimum absolute atomic E-state index is 0.0145. The second kappa shape index (κ2) is 8.83. The number of hydrogen-bond acceptors (Lipinski definition) is 5. The highest BCUT2D eigenvalue weighted by Gasteiger charge is 2.25. The van der Waals surface area contributed by atoms with Crippen LogP contribution < -0.4 is 16.4 Å². The van der Waals surface area contributed by atoms with E-state index in [9.17, 15) is 9.18 Å². The summed E-state index contributed by atoms with van der Waals surface area (Å²) in [4.78, 5) is 20.9. The van der Waals surface area contributed by atoms with Crippen molar-refractivity contribution in [3.8, 4) is 0 Å². The van der Waals surface area contributed by atoms with Gasteiger partial charge in [0.05, 0.1) is 16.8 Å². The molecule has 8 heteroatoms. The number of carbonyl (C=O) groups is 1. The molecule has 2 atom stereocenters. The van der Waals surface area contributed by atoms with Gasteiger partial charge < -0.3 is 16.4 Å². The summed E-state index contributed by atoms with van der Waals surface area (Å²) >= 11 is 6.17. The van der Waals surface area contributed by atoms with Crippen LogP contribution in [0, 0.1) is 0 Å². The van der Waals surface area contributed by atoms with Crippen molar-refractivity contribution < 1.29 is 9.18 Å². The lowest BCUT2D eigenvalue weighted by atomic mass is 9.90. The summed E-state index contributed by atoms with van der Waals surface area (Å²) in [5, 5.41) is 8.05. The van der Waals surface area contributed by atoms with Crippen molar-refractivity contribution >= 4 is 39.9 Å². The van der Waals surface area contributed by atoms with Crippen molar-refractivity contribution in [3.63, 3.8) is 0 Å². The Morgan fingerprint density at radius 2 is 2.07 bits per heavy atom. The van der Waals surface area contributed by atoms with Gasteiger partial charge in [0.2, 0.25) is 0 Å². The van der Waals surface area contributed by atoms with Crippen molar-refractivity contribution in [1.82, 2.24) is 15.3 Å². The number of halogens is 2. The molecule has 6 nitrogen and oxygen atoms in total. The smallest absolute Gasteiger partial charge is 0.255 e. The van der Waals surface area contributed by atoms with Gasteiger partial charge in [-0.1, -0.05) is 11.6 Å². The topological polar surface area (TPSA) is 92.9 Å². The number of carbonyl (C=O) groups excluding carboxylic acids is 1. The largest absolute Gasteiger partial charge is 0.383 e. The Hall–Kier alpha value is -2.93. The molecule has 1 aliphatic carbocycles. The fraction of sp³-hybridized carbons (Fsp3) is 0.318. The highest BCUT2D eigenvalue weighted by atomic mass is 35.5. The van der Waals surface area contributed by atoms with Gasteiger partial charge in [-0.15, -0.1) is 0 Å². The molecule has 0 spiro atoms. The van der Waals surface area contributed by atoms with Gasteiger partial charge in [0.1, 0.15) is 12.5 Å². The average molecular weight is 428 g/mol. The van der Waals surface area contributed by atoms with Crippen LogP contribution in [0.15, 0.2) is 42.6 Å². The van der Waals surface area contributed by atoms with Crippen molar-refractivity contribution in [2.75, 3.05) is 11.1 Å². The van der Waals surface area contributed by atoms with Crippen molar-refractivity contribution in [2.45, 2.75) is 44.4 Å². The van der Waals surface area contributed by atoms with Gasteiger partial charge in [-0.3, -0.25) is 4.79 Å². The number of pyridine rings is 2. The average Bonchev–Trinajstić information content (AvgIpc) is 2.74. The number of amides is 1. The molecule has 1 amide bonds. The van der Waals surface area contributed by atoms with E-state index < -0.39 is 6.67 Å². The van der Waals surface area contributed by atoms with Crippen LogP contribution in [0.25, 0.3) is 10.9 Å². The molecule has 3 aromatic rings. The zero-order chi connectivity index (χ0) is 21.1. The molecule has 30 heavy (non-hydrogen) atoms. The van der Waals surface area contributed by atoms with Gasteiger partial charge in [0.15, 0.2) is 0 Å². The van der Waals surface area contributed by atoms with E-state index in [-0.39, 0.29) is 23.8 Å². The number of benzene rings is 1. The lowest BCUT2D eigenvalue weighted by Gasteiger charge is -2.31. The van der Waals surface area contributed by atoms with Crippen LogP contribution in [0.4, 0.5) is 15.9 Å². The minimum Gasteiger partial charge on any atom is -0.383 e. The van der Waals surface area contributed by atoms with E-state index in [1.165, 1.54) is 0 Å². The lowest BCUT2D eigenvalue weighted by molar-refractivity contribution is 0.0927. The number of hydrogen-bond donors (Lipinski definition) is 3. The van der Waals surface area contributed by atoms with Gasteiger partial charge in [-0.05, 0) is 62.1 Å². The predicted molar refractivity (Wildman–Crippen MR) is 117 cm³/mol. The van der Waals surface area contributed by atoms with Crippen LogP contribution in [0.2, 0.25) is 5.02 Å².